The molecule has 0 aliphatic carbocycles. The summed E-state index contributed by atoms with van der Waals surface area (Å²) in [6.07, 6.45) is 6.33. The van der Waals surface area contributed by atoms with Crippen LogP contribution in [-0.4, -0.2) is 93.9 Å². The molecule has 3 fully saturated rings. The fourth-order valence-electron chi connectivity index (χ4n) is 6.36. The molecular formula is C30H38N8OS. The standard InChI is InChI=1S/C30H38N8OS/c1-2-4-23(5-3-1)20-35-11-6-24(7-12-35)32-28-27-29(38(22-31-27)26-10-19-40-21-26)34-30(33-28)37-13-8-25(9-14-37)36-15-17-39-18-16-36/h1-5,10,19,21-22,24-25H,6-9,11-18,20H2,(H,32,33,34). The summed E-state index contributed by atoms with van der Waals surface area (Å²) in [6, 6.07) is 13.9. The second-order valence-electron chi connectivity index (χ2n) is 11.2. The molecule has 0 unspecified atom stereocenters. The van der Waals surface area contributed by atoms with Crippen molar-refractivity contribution in [1.82, 2.24) is 29.3 Å². The Hall–Kier alpha value is -3.05. The number of benzene rings is 1. The van der Waals surface area contributed by atoms with Gasteiger partial charge in [-0.15, -0.1) is 0 Å². The first-order valence-electron chi connectivity index (χ1n) is 14.7. The minimum Gasteiger partial charge on any atom is -0.379 e. The molecule has 3 aliphatic rings. The Balaban J connectivity index is 1.09. The lowest BCUT2D eigenvalue weighted by molar-refractivity contribution is 0.0114. The third kappa shape index (κ3) is 5.58. The van der Waals surface area contributed by atoms with Gasteiger partial charge in [-0.2, -0.15) is 21.3 Å². The quantitative estimate of drug-likeness (QED) is 0.361. The van der Waals surface area contributed by atoms with Crippen LogP contribution in [0.1, 0.15) is 31.2 Å². The maximum atomic E-state index is 5.57. The van der Waals surface area contributed by atoms with E-state index in [1.54, 1.807) is 11.3 Å². The minimum absolute atomic E-state index is 0.372. The molecule has 1 aromatic carbocycles. The molecule has 0 radical (unpaired) electrons. The molecule has 40 heavy (non-hydrogen) atoms. The van der Waals surface area contributed by atoms with Gasteiger partial charge in [-0.3, -0.25) is 14.4 Å². The third-order valence-electron chi connectivity index (χ3n) is 8.66. The minimum atomic E-state index is 0.372. The highest BCUT2D eigenvalue weighted by molar-refractivity contribution is 7.08. The Morgan fingerprint density at radius 3 is 2.45 bits per heavy atom. The number of ether oxygens (including phenoxy) is 1. The second kappa shape index (κ2) is 11.8. The van der Waals surface area contributed by atoms with Crippen LogP contribution in [0, 0.1) is 0 Å². The Morgan fingerprint density at radius 2 is 1.70 bits per heavy atom. The third-order valence-corrected chi connectivity index (χ3v) is 9.33. The van der Waals surface area contributed by atoms with E-state index in [1.165, 1.54) is 5.56 Å². The van der Waals surface area contributed by atoms with Gasteiger partial charge >= 0.3 is 0 Å². The SMILES string of the molecule is c1ccc(CN2CCC(Nc3nc(N4CCC(N5CCOCC5)CC4)nc4c3ncn4-c3ccsc3)CC2)cc1. The number of rotatable bonds is 7. The first kappa shape index (κ1) is 25.9. The summed E-state index contributed by atoms with van der Waals surface area (Å²) in [7, 11) is 0. The summed E-state index contributed by atoms with van der Waals surface area (Å²) >= 11 is 1.69. The summed E-state index contributed by atoms with van der Waals surface area (Å²) in [4.78, 5) is 22.6. The highest BCUT2D eigenvalue weighted by Gasteiger charge is 2.28. The Labute approximate surface area is 239 Å². The molecule has 10 heteroatoms. The van der Waals surface area contributed by atoms with Gasteiger partial charge in [0, 0.05) is 63.3 Å². The van der Waals surface area contributed by atoms with Crippen LogP contribution in [0.3, 0.4) is 0 Å². The number of imidazole rings is 1. The molecule has 3 saturated heterocycles. The van der Waals surface area contributed by atoms with Gasteiger partial charge < -0.3 is 15.0 Å². The van der Waals surface area contributed by atoms with Gasteiger partial charge in [-0.1, -0.05) is 30.3 Å². The van der Waals surface area contributed by atoms with E-state index in [-0.39, 0.29) is 0 Å². The zero-order valence-electron chi connectivity index (χ0n) is 23.0. The van der Waals surface area contributed by atoms with Crippen molar-refractivity contribution in [3.63, 3.8) is 0 Å². The maximum Gasteiger partial charge on any atom is 0.229 e. The summed E-state index contributed by atoms with van der Waals surface area (Å²) in [5.41, 5.74) is 4.21. The van der Waals surface area contributed by atoms with Crippen LogP contribution < -0.4 is 10.2 Å². The number of thiophene rings is 1. The van der Waals surface area contributed by atoms with E-state index in [1.807, 2.05) is 6.33 Å². The van der Waals surface area contributed by atoms with Gasteiger partial charge in [0.25, 0.3) is 0 Å². The molecule has 9 nitrogen and oxygen atoms in total. The predicted molar refractivity (Wildman–Crippen MR) is 161 cm³/mol. The van der Waals surface area contributed by atoms with E-state index in [0.717, 1.165) is 113 Å². The molecule has 3 aromatic heterocycles. The first-order chi connectivity index (χ1) is 19.8. The number of likely N-dealkylation sites (tertiary alicyclic amines) is 1. The van der Waals surface area contributed by atoms with Gasteiger partial charge in [-0.25, -0.2) is 4.98 Å². The van der Waals surface area contributed by atoms with Gasteiger partial charge in [0.05, 0.1) is 18.9 Å². The average Bonchev–Trinajstić information content (AvgIpc) is 3.70. The van der Waals surface area contributed by atoms with Crippen molar-refractivity contribution in [3.05, 3.63) is 59.0 Å². The normalized spacial score (nSPS) is 20.4. The van der Waals surface area contributed by atoms with E-state index in [2.05, 4.69) is 71.7 Å². The summed E-state index contributed by atoms with van der Waals surface area (Å²) in [5.74, 6) is 1.68. The van der Waals surface area contributed by atoms with Crippen molar-refractivity contribution in [2.24, 2.45) is 0 Å². The molecule has 0 bridgehead atoms. The van der Waals surface area contributed by atoms with Crippen LogP contribution in [0.5, 0.6) is 0 Å². The van der Waals surface area contributed by atoms with E-state index < -0.39 is 0 Å². The topological polar surface area (TPSA) is 74.6 Å². The van der Waals surface area contributed by atoms with Crippen LogP contribution in [0.25, 0.3) is 16.9 Å². The fourth-order valence-corrected chi connectivity index (χ4v) is 6.99. The van der Waals surface area contributed by atoms with Crippen molar-refractivity contribution in [2.75, 3.05) is 62.7 Å². The lowest BCUT2D eigenvalue weighted by Crippen LogP contribution is -2.49. The van der Waals surface area contributed by atoms with Crippen molar-refractivity contribution in [3.8, 4) is 5.69 Å². The molecule has 0 amide bonds. The highest BCUT2D eigenvalue weighted by Crippen LogP contribution is 2.29. The van der Waals surface area contributed by atoms with E-state index in [9.17, 15) is 0 Å². The van der Waals surface area contributed by atoms with Gasteiger partial charge in [-0.05, 0) is 42.7 Å². The number of aromatic nitrogens is 4. The zero-order chi connectivity index (χ0) is 26.7. The maximum absolute atomic E-state index is 5.57. The number of nitrogens with zero attached hydrogens (tertiary/aromatic N) is 7. The monoisotopic (exact) mass is 558 g/mol. The number of piperidine rings is 2. The lowest BCUT2D eigenvalue weighted by atomic mass is 10.0. The molecule has 6 heterocycles. The Bertz CT molecular complexity index is 1370. The van der Waals surface area contributed by atoms with Crippen LogP contribution in [0.2, 0.25) is 0 Å². The molecule has 3 aliphatic heterocycles. The average molecular weight is 559 g/mol. The largest absolute Gasteiger partial charge is 0.379 e. The fraction of sp³-hybridized carbons (Fsp3) is 0.500. The second-order valence-corrected chi connectivity index (χ2v) is 12.0. The van der Waals surface area contributed by atoms with E-state index >= 15 is 0 Å². The molecule has 4 aromatic rings. The van der Waals surface area contributed by atoms with Gasteiger partial charge in [0.15, 0.2) is 17.0 Å². The Kier molecular flexibility index (Phi) is 7.65. The summed E-state index contributed by atoms with van der Waals surface area (Å²) in [6.45, 7) is 8.91. The molecule has 0 atom stereocenters. The Morgan fingerprint density at radius 1 is 0.900 bits per heavy atom. The lowest BCUT2D eigenvalue weighted by Gasteiger charge is -2.40. The van der Waals surface area contributed by atoms with E-state index in [0.29, 0.717) is 12.1 Å². The molecule has 7 rings (SSSR count). The van der Waals surface area contributed by atoms with Gasteiger partial charge in [0.2, 0.25) is 5.95 Å². The predicted octanol–water partition coefficient (Wildman–Crippen LogP) is 4.25. The molecular weight excluding hydrogens is 520 g/mol. The number of hydrogen-bond acceptors (Lipinski definition) is 9. The highest BCUT2D eigenvalue weighted by atomic mass is 32.1. The van der Waals surface area contributed by atoms with Crippen LogP contribution in [0.15, 0.2) is 53.5 Å². The first-order valence-corrected chi connectivity index (χ1v) is 15.6. The zero-order valence-corrected chi connectivity index (χ0v) is 23.8. The van der Waals surface area contributed by atoms with Crippen LogP contribution in [-0.2, 0) is 11.3 Å². The molecule has 0 spiro atoms. The van der Waals surface area contributed by atoms with Crippen LogP contribution >= 0.6 is 11.3 Å². The number of hydrogen-bond donors (Lipinski definition) is 1. The summed E-state index contributed by atoms with van der Waals surface area (Å²) in [5, 5.41) is 8.05. The number of fused-ring (bicyclic) bond motifs is 1. The molecule has 0 saturated carbocycles. The van der Waals surface area contributed by atoms with Crippen molar-refractivity contribution < 1.29 is 4.74 Å². The van der Waals surface area contributed by atoms with Crippen LogP contribution in [0.4, 0.5) is 11.8 Å². The van der Waals surface area contributed by atoms with Crippen molar-refractivity contribution in [1.29, 1.82) is 0 Å². The molecule has 210 valence electrons. The summed E-state index contributed by atoms with van der Waals surface area (Å²) < 4.78 is 7.68. The number of anilines is 2. The van der Waals surface area contributed by atoms with Gasteiger partial charge in [0.1, 0.15) is 6.33 Å². The number of morpholine rings is 1. The molecule has 1 N–H and O–H groups in total. The van der Waals surface area contributed by atoms with E-state index in [4.69, 9.17) is 19.7 Å². The van der Waals surface area contributed by atoms with Crippen molar-refractivity contribution >= 4 is 34.3 Å². The number of nitrogens with one attached hydrogen (secondary N) is 1. The van der Waals surface area contributed by atoms with Crippen molar-refractivity contribution in [2.45, 2.75) is 44.3 Å². The smallest absolute Gasteiger partial charge is 0.229 e.